The number of thiocarbonyl (C=S) groups is 1. The fourth-order valence-corrected chi connectivity index (χ4v) is 2.71. The molecule has 0 aliphatic heterocycles. The number of ether oxygens (including phenoxy) is 1. The topological polar surface area (TPSA) is 21.3 Å². The van der Waals surface area contributed by atoms with E-state index in [1.165, 1.54) is 17.2 Å². The van der Waals surface area contributed by atoms with Crippen LogP contribution >= 0.6 is 12.2 Å². The molecule has 1 N–H and O–H groups in total. The van der Waals surface area contributed by atoms with Gasteiger partial charge < -0.3 is 10.1 Å². The van der Waals surface area contributed by atoms with Gasteiger partial charge in [-0.3, -0.25) is 0 Å². The quantitative estimate of drug-likeness (QED) is 0.675. The fourth-order valence-electron chi connectivity index (χ4n) is 2.60. The SMILES string of the molecule is CCC(=S)Nc1cccc(F)c1COc1cc(C)c(CC)cc1C. The Labute approximate surface area is 149 Å². The van der Waals surface area contributed by atoms with Crippen LogP contribution in [-0.4, -0.2) is 4.99 Å². The largest absolute Gasteiger partial charge is 0.488 e. The van der Waals surface area contributed by atoms with E-state index >= 15 is 0 Å². The molecule has 0 radical (unpaired) electrons. The molecule has 2 aromatic rings. The minimum absolute atomic E-state index is 0.160. The minimum Gasteiger partial charge on any atom is -0.488 e. The van der Waals surface area contributed by atoms with Crippen molar-refractivity contribution in [3.63, 3.8) is 0 Å². The molecule has 0 fully saturated rings. The van der Waals surface area contributed by atoms with Gasteiger partial charge in [-0.2, -0.15) is 0 Å². The van der Waals surface area contributed by atoms with Crippen molar-refractivity contribution < 1.29 is 9.13 Å². The zero-order chi connectivity index (χ0) is 17.7. The van der Waals surface area contributed by atoms with Crippen LogP contribution in [0.3, 0.4) is 0 Å². The minimum atomic E-state index is -0.293. The average molecular weight is 345 g/mol. The molecular formula is C20H24FNOS. The molecule has 0 saturated heterocycles. The molecule has 0 spiro atoms. The molecule has 0 bridgehead atoms. The van der Waals surface area contributed by atoms with Gasteiger partial charge in [-0.05, 0) is 61.6 Å². The maximum Gasteiger partial charge on any atom is 0.131 e. The Balaban J connectivity index is 2.23. The van der Waals surface area contributed by atoms with Gasteiger partial charge in [-0.15, -0.1) is 0 Å². The summed E-state index contributed by atoms with van der Waals surface area (Å²) in [6, 6.07) is 9.10. The van der Waals surface area contributed by atoms with Gasteiger partial charge in [0.2, 0.25) is 0 Å². The van der Waals surface area contributed by atoms with Crippen LogP contribution in [0.4, 0.5) is 10.1 Å². The Morgan fingerprint density at radius 1 is 1.17 bits per heavy atom. The van der Waals surface area contributed by atoms with Crippen molar-refractivity contribution in [2.45, 2.75) is 47.1 Å². The Hall–Kier alpha value is -1.94. The molecule has 2 aromatic carbocycles. The highest BCUT2D eigenvalue weighted by Gasteiger charge is 2.12. The molecule has 2 rings (SSSR count). The van der Waals surface area contributed by atoms with Gasteiger partial charge >= 0.3 is 0 Å². The van der Waals surface area contributed by atoms with Crippen LogP contribution in [0.1, 0.15) is 42.5 Å². The molecule has 0 aromatic heterocycles. The number of hydrogen-bond acceptors (Lipinski definition) is 2. The van der Waals surface area contributed by atoms with Crippen molar-refractivity contribution in [2.24, 2.45) is 0 Å². The first kappa shape index (κ1) is 18.4. The van der Waals surface area contributed by atoms with Crippen molar-refractivity contribution in [3.05, 3.63) is 58.4 Å². The summed E-state index contributed by atoms with van der Waals surface area (Å²) in [7, 11) is 0. The van der Waals surface area contributed by atoms with Crippen molar-refractivity contribution in [1.29, 1.82) is 0 Å². The highest BCUT2D eigenvalue weighted by Crippen LogP contribution is 2.26. The Morgan fingerprint density at radius 2 is 1.92 bits per heavy atom. The van der Waals surface area contributed by atoms with Crippen LogP contribution in [0.15, 0.2) is 30.3 Å². The molecule has 24 heavy (non-hydrogen) atoms. The van der Waals surface area contributed by atoms with E-state index in [9.17, 15) is 4.39 Å². The second kappa shape index (κ2) is 8.25. The van der Waals surface area contributed by atoms with E-state index in [0.29, 0.717) is 22.7 Å². The smallest absolute Gasteiger partial charge is 0.131 e. The van der Waals surface area contributed by atoms with Gasteiger partial charge in [-0.25, -0.2) is 4.39 Å². The van der Waals surface area contributed by atoms with Crippen LogP contribution in [0, 0.1) is 19.7 Å². The summed E-state index contributed by atoms with van der Waals surface area (Å²) < 4.78 is 20.2. The molecule has 0 unspecified atom stereocenters. The van der Waals surface area contributed by atoms with Crippen LogP contribution < -0.4 is 10.1 Å². The number of halogens is 1. The molecule has 0 aliphatic rings. The van der Waals surface area contributed by atoms with Crippen LogP contribution in [0.5, 0.6) is 5.75 Å². The monoisotopic (exact) mass is 345 g/mol. The maximum absolute atomic E-state index is 14.2. The first-order valence-corrected chi connectivity index (χ1v) is 8.67. The van der Waals surface area contributed by atoms with E-state index in [1.54, 1.807) is 6.07 Å². The van der Waals surface area contributed by atoms with Gasteiger partial charge in [-0.1, -0.05) is 38.2 Å². The number of benzene rings is 2. The van der Waals surface area contributed by atoms with E-state index in [4.69, 9.17) is 17.0 Å². The number of aryl methyl sites for hydroxylation is 3. The van der Waals surface area contributed by atoms with E-state index in [-0.39, 0.29) is 12.4 Å². The third-order valence-corrected chi connectivity index (χ3v) is 4.49. The zero-order valence-electron chi connectivity index (χ0n) is 14.7. The zero-order valence-corrected chi connectivity index (χ0v) is 15.5. The van der Waals surface area contributed by atoms with Crippen LogP contribution in [0.25, 0.3) is 0 Å². The van der Waals surface area contributed by atoms with Gasteiger partial charge in [0, 0.05) is 11.3 Å². The summed E-state index contributed by atoms with van der Waals surface area (Å²) in [4.78, 5) is 0.682. The predicted octanol–water partition coefficient (Wildman–Crippen LogP) is 5.73. The fraction of sp³-hybridized carbons (Fsp3) is 0.350. The van der Waals surface area contributed by atoms with E-state index in [2.05, 4.69) is 25.2 Å². The Kier molecular flexibility index (Phi) is 6.32. The second-order valence-electron chi connectivity index (χ2n) is 5.85. The van der Waals surface area contributed by atoms with E-state index in [1.807, 2.05) is 26.0 Å². The molecule has 0 heterocycles. The maximum atomic E-state index is 14.2. The summed E-state index contributed by atoms with van der Waals surface area (Å²) in [6.45, 7) is 8.34. The molecule has 0 aliphatic carbocycles. The van der Waals surface area contributed by atoms with Crippen molar-refractivity contribution in [2.75, 3.05) is 5.32 Å². The van der Waals surface area contributed by atoms with Crippen molar-refractivity contribution in [3.8, 4) is 5.75 Å². The van der Waals surface area contributed by atoms with Gasteiger partial charge in [0.15, 0.2) is 0 Å². The van der Waals surface area contributed by atoms with Gasteiger partial charge in [0.1, 0.15) is 18.2 Å². The lowest BCUT2D eigenvalue weighted by Crippen LogP contribution is -2.11. The Bertz CT molecular complexity index is 743. The van der Waals surface area contributed by atoms with Gasteiger partial charge in [0.05, 0.1) is 4.99 Å². The normalized spacial score (nSPS) is 10.5. The molecule has 2 nitrogen and oxygen atoms in total. The third kappa shape index (κ3) is 4.32. The lowest BCUT2D eigenvalue weighted by Gasteiger charge is -2.16. The second-order valence-corrected chi connectivity index (χ2v) is 6.35. The predicted molar refractivity (Wildman–Crippen MR) is 103 cm³/mol. The number of rotatable bonds is 6. The average Bonchev–Trinajstić information content (AvgIpc) is 2.56. The van der Waals surface area contributed by atoms with Crippen molar-refractivity contribution in [1.82, 2.24) is 0 Å². The summed E-state index contributed by atoms with van der Waals surface area (Å²) in [5.74, 6) is 0.496. The van der Waals surface area contributed by atoms with Crippen LogP contribution in [-0.2, 0) is 13.0 Å². The third-order valence-electron chi connectivity index (χ3n) is 4.10. The lowest BCUT2D eigenvalue weighted by molar-refractivity contribution is 0.298. The van der Waals surface area contributed by atoms with Crippen molar-refractivity contribution >= 4 is 22.9 Å². The molecule has 0 atom stereocenters. The number of nitrogens with one attached hydrogen (secondary N) is 1. The molecule has 0 saturated carbocycles. The number of anilines is 1. The first-order chi connectivity index (χ1) is 11.5. The standard InChI is InChI=1S/C20H24FNOS/c1-5-15-10-14(4)19(11-13(15)3)23-12-16-17(21)8-7-9-18(16)22-20(24)6-2/h7-11H,5-6,12H2,1-4H3,(H,22,24). The van der Waals surface area contributed by atoms with Crippen LogP contribution in [0.2, 0.25) is 0 Å². The summed E-state index contributed by atoms with van der Waals surface area (Å²) in [5.41, 5.74) is 4.72. The molecule has 4 heteroatoms. The van der Waals surface area contributed by atoms with E-state index < -0.39 is 0 Å². The molecule has 128 valence electrons. The number of hydrogen-bond donors (Lipinski definition) is 1. The molecule has 0 amide bonds. The first-order valence-electron chi connectivity index (χ1n) is 8.26. The highest BCUT2D eigenvalue weighted by molar-refractivity contribution is 7.80. The summed E-state index contributed by atoms with van der Waals surface area (Å²) in [5, 5.41) is 3.09. The summed E-state index contributed by atoms with van der Waals surface area (Å²) >= 11 is 5.21. The summed E-state index contributed by atoms with van der Waals surface area (Å²) in [6.07, 6.45) is 1.70. The molecular weight excluding hydrogens is 321 g/mol. The van der Waals surface area contributed by atoms with E-state index in [0.717, 1.165) is 17.7 Å². The van der Waals surface area contributed by atoms with Gasteiger partial charge in [0.25, 0.3) is 0 Å². The highest BCUT2D eigenvalue weighted by atomic mass is 32.1. The lowest BCUT2D eigenvalue weighted by atomic mass is 10.0. The Morgan fingerprint density at radius 3 is 2.58 bits per heavy atom.